The van der Waals surface area contributed by atoms with Crippen LogP contribution < -0.4 is 16.4 Å². The first-order valence-corrected chi connectivity index (χ1v) is 17.9. The van der Waals surface area contributed by atoms with Crippen molar-refractivity contribution in [3.8, 4) is 0 Å². The zero-order chi connectivity index (χ0) is 33.4. The van der Waals surface area contributed by atoms with E-state index in [1.165, 1.54) is 48.2 Å². The lowest BCUT2D eigenvalue weighted by atomic mass is 9.77. The van der Waals surface area contributed by atoms with E-state index in [4.69, 9.17) is 10.7 Å². The van der Waals surface area contributed by atoms with Crippen LogP contribution in [0.4, 0.5) is 0 Å². The second kappa shape index (κ2) is 16.5. The molecule has 4 rings (SSSR count). The lowest BCUT2D eigenvalue weighted by Crippen LogP contribution is -2.34. The van der Waals surface area contributed by atoms with Crippen molar-refractivity contribution >= 4 is 28.4 Å². The molecular weight excluding hydrogens is 589 g/mol. The maximum absolute atomic E-state index is 13.4. The SMILES string of the molecule is C/C=C(\C=C(\NC(=C1CC1)/C(=C/N)c1ncc(C(=C/N(C)C)/C(C)=C/CC)s1)C(C)=C(C)CC)C(=O)NCCN1CC2CCC2C1. The van der Waals surface area contributed by atoms with E-state index in [0.717, 1.165) is 76.5 Å². The smallest absolute Gasteiger partial charge is 0.251 e. The minimum atomic E-state index is -0.0404. The Balaban J connectivity index is 1.58. The van der Waals surface area contributed by atoms with Crippen LogP contribution in [-0.2, 0) is 4.79 Å². The number of carbonyl (C=O) groups is 1. The predicted octanol–water partition coefficient (Wildman–Crippen LogP) is 7.37. The number of nitrogens with zero attached hydrogens (tertiary/aromatic N) is 3. The summed E-state index contributed by atoms with van der Waals surface area (Å²) < 4.78 is 0. The summed E-state index contributed by atoms with van der Waals surface area (Å²) in [5, 5.41) is 7.83. The zero-order valence-electron chi connectivity index (χ0n) is 29.4. The molecule has 0 radical (unpaired) electrons. The highest BCUT2D eigenvalue weighted by atomic mass is 32.1. The number of nitrogens with one attached hydrogen (secondary N) is 2. The topological polar surface area (TPSA) is 86.5 Å². The third kappa shape index (κ3) is 8.91. The van der Waals surface area contributed by atoms with Gasteiger partial charge in [-0.1, -0.05) is 31.6 Å². The molecule has 2 atom stereocenters. The fourth-order valence-corrected chi connectivity index (χ4v) is 7.27. The highest BCUT2D eigenvalue weighted by Gasteiger charge is 2.38. The Morgan fingerprint density at radius 1 is 1.13 bits per heavy atom. The highest BCUT2D eigenvalue weighted by Crippen LogP contribution is 2.41. The second-order valence-corrected chi connectivity index (χ2v) is 14.2. The first kappa shape index (κ1) is 35.5. The lowest BCUT2D eigenvalue weighted by molar-refractivity contribution is -0.117. The van der Waals surface area contributed by atoms with Crippen LogP contribution in [0.25, 0.3) is 11.1 Å². The van der Waals surface area contributed by atoms with Crippen LogP contribution in [0.5, 0.6) is 0 Å². The van der Waals surface area contributed by atoms with Gasteiger partial charge in [-0.05, 0) is 101 Å². The van der Waals surface area contributed by atoms with Gasteiger partial charge < -0.3 is 26.2 Å². The number of allylic oxidation sites excluding steroid dienone is 8. The average molecular weight is 645 g/mol. The van der Waals surface area contributed by atoms with Crippen LogP contribution in [0.1, 0.15) is 90.0 Å². The lowest BCUT2D eigenvalue weighted by Gasteiger charge is -2.28. The molecule has 0 aromatic carbocycles. The van der Waals surface area contributed by atoms with Gasteiger partial charge in [0.2, 0.25) is 0 Å². The van der Waals surface area contributed by atoms with Crippen LogP contribution in [-0.4, -0.2) is 61.0 Å². The summed E-state index contributed by atoms with van der Waals surface area (Å²) in [5.74, 6) is 1.72. The van der Waals surface area contributed by atoms with Crippen molar-refractivity contribution in [1.82, 2.24) is 25.4 Å². The van der Waals surface area contributed by atoms with Gasteiger partial charge in [-0.2, -0.15) is 0 Å². The van der Waals surface area contributed by atoms with Crippen LogP contribution in [0.15, 0.2) is 76.1 Å². The summed E-state index contributed by atoms with van der Waals surface area (Å²) in [6.45, 7) is 16.6. The molecule has 2 heterocycles. The van der Waals surface area contributed by atoms with Crippen molar-refractivity contribution in [2.24, 2.45) is 17.6 Å². The Morgan fingerprint density at radius 3 is 2.37 bits per heavy atom. The molecule has 0 spiro atoms. The maximum atomic E-state index is 13.4. The Kier molecular flexibility index (Phi) is 12.7. The minimum Gasteiger partial charge on any atom is -0.404 e. The Bertz CT molecular complexity index is 1470. The largest absolute Gasteiger partial charge is 0.404 e. The number of nitrogens with two attached hydrogens (primary N) is 1. The molecule has 1 aliphatic heterocycles. The summed E-state index contributed by atoms with van der Waals surface area (Å²) in [4.78, 5) is 24.0. The summed E-state index contributed by atoms with van der Waals surface area (Å²) in [7, 11) is 4.09. The van der Waals surface area contributed by atoms with Gasteiger partial charge in [-0.25, -0.2) is 4.98 Å². The predicted molar refractivity (Wildman–Crippen MR) is 196 cm³/mol. The number of amides is 1. The normalized spacial score (nSPS) is 21.5. The maximum Gasteiger partial charge on any atom is 0.251 e. The van der Waals surface area contributed by atoms with Crippen molar-refractivity contribution < 1.29 is 4.79 Å². The molecule has 2 aliphatic carbocycles. The van der Waals surface area contributed by atoms with Gasteiger partial charge in [-0.3, -0.25) is 4.79 Å². The van der Waals surface area contributed by atoms with Gasteiger partial charge in [0, 0.05) is 87.0 Å². The number of hydrogen-bond donors (Lipinski definition) is 3. The molecule has 1 saturated heterocycles. The second-order valence-electron chi connectivity index (χ2n) is 13.2. The molecule has 2 saturated carbocycles. The molecule has 250 valence electrons. The summed E-state index contributed by atoms with van der Waals surface area (Å²) in [5.41, 5.74) is 15.9. The van der Waals surface area contributed by atoms with Gasteiger partial charge in [0.15, 0.2) is 0 Å². The van der Waals surface area contributed by atoms with E-state index in [1.54, 1.807) is 17.5 Å². The first-order chi connectivity index (χ1) is 22.1. The molecule has 8 heteroatoms. The number of likely N-dealkylation sites (tertiary alicyclic amines) is 1. The van der Waals surface area contributed by atoms with E-state index in [-0.39, 0.29) is 5.91 Å². The van der Waals surface area contributed by atoms with Crippen LogP contribution >= 0.6 is 11.3 Å². The van der Waals surface area contributed by atoms with Crippen molar-refractivity contribution in [3.05, 3.63) is 86.0 Å². The van der Waals surface area contributed by atoms with Gasteiger partial charge >= 0.3 is 0 Å². The molecule has 1 aromatic rings. The van der Waals surface area contributed by atoms with Crippen molar-refractivity contribution in [2.75, 3.05) is 40.3 Å². The quantitative estimate of drug-likeness (QED) is 0.137. The molecule has 3 aliphatic rings. The number of rotatable bonds is 15. The van der Waals surface area contributed by atoms with Crippen LogP contribution in [0, 0.1) is 11.8 Å². The molecule has 0 bridgehead atoms. The fraction of sp³-hybridized carbons (Fsp3) is 0.526. The van der Waals surface area contributed by atoms with Gasteiger partial charge in [0.1, 0.15) is 5.01 Å². The third-order valence-corrected chi connectivity index (χ3v) is 10.7. The summed E-state index contributed by atoms with van der Waals surface area (Å²) >= 11 is 1.66. The van der Waals surface area contributed by atoms with E-state index < -0.39 is 0 Å². The van der Waals surface area contributed by atoms with Crippen LogP contribution in [0.3, 0.4) is 0 Å². The molecule has 2 unspecified atom stereocenters. The standard InChI is InChI=1S/C38H56N6OS/c1-9-12-26(5)33(24-43(7)8)35-21-41-38(46-35)32(20-39)36(29-13-14-29)42-34(27(6)25(4)10-2)19-28(11-3)37(45)40-17-18-44-22-30-15-16-31(30)23-44/h11-12,19-21,24,30-31,42H,9-10,13-18,22-23,39H2,1-8H3,(H,40,45)/b26-12+,27-25?,28-11+,32-20-,33-24+,34-19+. The van der Waals surface area contributed by atoms with Crippen molar-refractivity contribution in [1.29, 1.82) is 0 Å². The Morgan fingerprint density at radius 2 is 1.83 bits per heavy atom. The van der Waals surface area contributed by atoms with E-state index >= 15 is 0 Å². The number of aromatic nitrogens is 1. The number of carbonyl (C=O) groups excluding carboxylic acids is 1. The van der Waals surface area contributed by atoms with Crippen molar-refractivity contribution in [3.63, 3.8) is 0 Å². The monoisotopic (exact) mass is 644 g/mol. The molecule has 7 nitrogen and oxygen atoms in total. The van der Waals surface area contributed by atoms with E-state index in [9.17, 15) is 4.79 Å². The number of fused-ring (bicyclic) bond motifs is 1. The molecule has 3 fully saturated rings. The van der Waals surface area contributed by atoms with Gasteiger partial charge in [0.25, 0.3) is 5.91 Å². The zero-order valence-corrected chi connectivity index (χ0v) is 30.2. The molecular formula is C38H56N6OS. The van der Waals surface area contributed by atoms with E-state index in [1.807, 2.05) is 39.4 Å². The third-order valence-electron chi connectivity index (χ3n) is 9.59. The highest BCUT2D eigenvalue weighted by molar-refractivity contribution is 7.14. The van der Waals surface area contributed by atoms with Crippen molar-refractivity contribution in [2.45, 2.75) is 80.1 Å². The average Bonchev–Trinajstić information content (AvgIpc) is 3.69. The number of hydrogen-bond acceptors (Lipinski definition) is 7. The van der Waals surface area contributed by atoms with Gasteiger partial charge in [-0.15, -0.1) is 11.3 Å². The summed E-state index contributed by atoms with van der Waals surface area (Å²) in [6, 6.07) is 0. The van der Waals surface area contributed by atoms with Crippen LogP contribution in [0.2, 0.25) is 0 Å². The summed E-state index contributed by atoms with van der Waals surface area (Å²) in [6.07, 6.45) is 18.6. The van der Waals surface area contributed by atoms with E-state index in [2.05, 4.69) is 67.3 Å². The molecule has 46 heavy (non-hydrogen) atoms. The first-order valence-electron chi connectivity index (χ1n) is 17.1. The minimum absolute atomic E-state index is 0.0404. The molecule has 4 N–H and O–H groups in total. The fourth-order valence-electron chi connectivity index (χ4n) is 6.25. The Hall–Kier alpha value is -3.36. The number of thiazole rings is 1. The molecule has 1 aromatic heterocycles. The van der Waals surface area contributed by atoms with E-state index in [0.29, 0.717) is 12.1 Å². The van der Waals surface area contributed by atoms with Gasteiger partial charge in [0.05, 0.1) is 4.88 Å². The Labute approximate surface area is 281 Å². The molecule has 1 amide bonds.